The van der Waals surface area contributed by atoms with Crippen LogP contribution in [0.5, 0.6) is 0 Å². The SMILES string of the molecule is Cl.O=C(Nc1nnc(C(F)F)s1)C1CC2CCCCC2N1. The highest BCUT2D eigenvalue weighted by Gasteiger charge is 2.38. The van der Waals surface area contributed by atoms with Crippen LogP contribution in [0.15, 0.2) is 0 Å². The molecule has 2 N–H and O–H groups in total. The molecular weight excluding hydrogens is 322 g/mol. The molecule has 1 aliphatic heterocycles. The lowest BCUT2D eigenvalue weighted by atomic mass is 9.85. The monoisotopic (exact) mass is 338 g/mol. The summed E-state index contributed by atoms with van der Waals surface area (Å²) in [5, 5.41) is 12.6. The Morgan fingerprint density at radius 1 is 1.33 bits per heavy atom. The Labute approximate surface area is 131 Å². The molecule has 2 heterocycles. The van der Waals surface area contributed by atoms with Crippen LogP contribution < -0.4 is 10.6 Å². The van der Waals surface area contributed by atoms with Crippen LogP contribution in [-0.4, -0.2) is 28.2 Å². The van der Waals surface area contributed by atoms with E-state index in [1.165, 1.54) is 12.8 Å². The summed E-state index contributed by atoms with van der Waals surface area (Å²) in [4.78, 5) is 12.1. The number of fused-ring (bicyclic) bond motifs is 1. The zero-order valence-electron chi connectivity index (χ0n) is 11.2. The Morgan fingerprint density at radius 3 is 2.76 bits per heavy atom. The van der Waals surface area contributed by atoms with Crippen LogP contribution in [0.1, 0.15) is 43.5 Å². The molecule has 0 spiro atoms. The summed E-state index contributed by atoms with van der Waals surface area (Å²) < 4.78 is 24.8. The van der Waals surface area contributed by atoms with Gasteiger partial charge in [-0.2, -0.15) is 0 Å². The van der Waals surface area contributed by atoms with Gasteiger partial charge in [-0.05, 0) is 25.2 Å². The summed E-state index contributed by atoms with van der Waals surface area (Å²) in [6, 6.07) is 0.174. The molecule has 1 aromatic rings. The highest BCUT2D eigenvalue weighted by Crippen LogP contribution is 2.33. The number of rotatable bonds is 3. The van der Waals surface area contributed by atoms with Crippen molar-refractivity contribution in [2.45, 2.75) is 50.6 Å². The second kappa shape index (κ2) is 6.93. The second-order valence-corrected chi connectivity index (χ2v) is 6.35. The average Bonchev–Trinajstić information content (AvgIpc) is 3.04. The van der Waals surface area contributed by atoms with Crippen molar-refractivity contribution in [3.63, 3.8) is 0 Å². The van der Waals surface area contributed by atoms with Crippen molar-refractivity contribution in [2.24, 2.45) is 5.92 Å². The molecule has 2 aliphatic rings. The molecule has 3 atom stereocenters. The molecule has 1 amide bonds. The van der Waals surface area contributed by atoms with E-state index in [1.807, 2.05) is 0 Å². The van der Waals surface area contributed by atoms with Gasteiger partial charge >= 0.3 is 0 Å². The predicted molar refractivity (Wildman–Crippen MR) is 78.0 cm³/mol. The molecule has 0 bridgehead atoms. The van der Waals surface area contributed by atoms with Gasteiger partial charge in [-0.3, -0.25) is 10.1 Å². The lowest BCUT2D eigenvalue weighted by molar-refractivity contribution is -0.117. The van der Waals surface area contributed by atoms with Crippen molar-refractivity contribution in [2.75, 3.05) is 5.32 Å². The van der Waals surface area contributed by atoms with E-state index in [9.17, 15) is 13.6 Å². The lowest BCUT2D eigenvalue weighted by Gasteiger charge is -2.24. The molecule has 1 aromatic heterocycles. The van der Waals surface area contributed by atoms with Gasteiger partial charge in [0.1, 0.15) is 0 Å². The van der Waals surface area contributed by atoms with Gasteiger partial charge < -0.3 is 5.32 Å². The summed E-state index contributed by atoms with van der Waals surface area (Å²) in [5.41, 5.74) is 0. The highest BCUT2D eigenvalue weighted by atomic mass is 35.5. The molecule has 0 radical (unpaired) electrons. The van der Waals surface area contributed by atoms with Crippen LogP contribution in [0.4, 0.5) is 13.9 Å². The fourth-order valence-corrected chi connectivity index (χ4v) is 3.69. The Balaban J connectivity index is 0.00000161. The number of nitrogens with one attached hydrogen (secondary N) is 2. The standard InChI is InChI=1S/C12H16F2N4OS.ClH/c13-9(14)11-17-18-12(20-11)16-10(19)8-5-6-3-1-2-4-7(6)15-8;/h6-9,15H,1-5H2,(H,16,18,19);1H. The number of amides is 1. The predicted octanol–water partition coefficient (Wildman–Crippen LogP) is 2.76. The van der Waals surface area contributed by atoms with Gasteiger partial charge in [-0.15, -0.1) is 22.6 Å². The third-order valence-electron chi connectivity index (χ3n) is 4.04. The van der Waals surface area contributed by atoms with Crippen LogP contribution in [-0.2, 0) is 4.79 Å². The van der Waals surface area contributed by atoms with Gasteiger partial charge in [0.25, 0.3) is 6.43 Å². The maximum Gasteiger partial charge on any atom is 0.291 e. The first-order valence-electron chi connectivity index (χ1n) is 6.82. The van der Waals surface area contributed by atoms with Crippen molar-refractivity contribution in [3.8, 4) is 0 Å². The summed E-state index contributed by atoms with van der Waals surface area (Å²) in [6.07, 6.45) is 2.88. The fourth-order valence-electron chi connectivity index (χ4n) is 3.09. The molecule has 1 saturated heterocycles. The number of anilines is 1. The third-order valence-corrected chi connectivity index (χ3v) is 4.88. The number of hydrogen-bond donors (Lipinski definition) is 2. The average molecular weight is 339 g/mol. The first-order chi connectivity index (χ1) is 9.63. The van der Waals surface area contributed by atoms with Crippen LogP contribution in [0.2, 0.25) is 0 Å². The van der Waals surface area contributed by atoms with Gasteiger partial charge in [-0.1, -0.05) is 24.2 Å². The maximum absolute atomic E-state index is 12.4. The van der Waals surface area contributed by atoms with Crippen LogP contribution >= 0.6 is 23.7 Å². The molecule has 118 valence electrons. The van der Waals surface area contributed by atoms with Crippen molar-refractivity contribution in [3.05, 3.63) is 5.01 Å². The molecule has 21 heavy (non-hydrogen) atoms. The van der Waals surface area contributed by atoms with E-state index in [-0.39, 0.29) is 34.5 Å². The first-order valence-corrected chi connectivity index (χ1v) is 7.63. The summed E-state index contributed by atoms with van der Waals surface area (Å²) in [5.74, 6) is 0.363. The smallest absolute Gasteiger partial charge is 0.291 e. The Hall–Kier alpha value is -0.860. The number of carbonyl (C=O) groups excluding carboxylic acids is 1. The summed E-state index contributed by atoms with van der Waals surface area (Å²) >= 11 is 0.722. The second-order valence-electron chi connectivity index (χ2n) is 5.34. The zero-order valence-corrected chi connectivity index (χ0v) is 12.9. The Bertz CT molecular complexity index is 487. The minimum absolute atomic E-state index is 0. The minimum atomic E-state index is -2.65. The molecule has 1 saturated carbocycles. The van der Waals surface area contributed by atoms with E-state index in [0.29, 0.717) is 12.0 Å². The van der Waals surface area contributed by atoms with Gasteiger partial charge in [-0.25, -0.2) is 8.78 Å². The lowest BCUT2D eigenvalue weighted by Crippen LogP contribution is -2.39. The third kappa shape index (κ3) is 3.67. The van der Waals surface area contributed by atoms with Gasteiger partial charge in [0.05, 0.1) is 6.04 Å². The van der Waals surface area contributed by atoms with E-state index in [0.717, 1.165) is 30.6 Å². The van der Waals surface area contributed by atoms with Gasteiger partial charge in [0, 0.05) is 6.04 Å². The normalized spacial score (nSPS) is 28.0. The zero-order chi connectivity index (χ0) is 14.1. The highest BCUT2D eigenvalue weighted by molar-refractivity contribution is 7.15. The van der Waals surface area contributed by atoms with E-state index < -0.39 is 6.43 Å². The number of halogens is 3. The Morgan fingerprint density at radius 2 is 2.10 bits per heavy atom. The molecule has 3 unspecified atom stereocenters. The van der Waals surface area contributed by atoms with Crippen molar-refractivity contribution in [1.82, 2.24) is 15.5 Å². The molecule has 3 rings (SSSR count). The maximum atomic E-state index is 12.4. The number of aromatic nitrogens is 2. The van der Waals surface area contributed by atoms with E-state index in [4.69, 9.17) is 0 Å². The van der Waals surface area contributed by atoms with Crippen molar-refractivity contribution >= 4 is 34.8 Å². The summed E-state index contributed by atoms with van der Waals surface area (Å²) in [6.45, 7) is 0. The Kier molecular flexibility index (Phi) is 5.45. The molecule has 9 heteroatoms. The van der Waals surface area contributed by atoms with E-state index >= 15 is 0 Å². The van der Waals surface area contributed by atoms with Crippen molar-refractivity contribution < 1.29 is 13.6 Å². The quantitative estimate of drug-likeness (QED) is 0.889. The first kappa shape index (κ1) is 16.5. The summed E-state index contributed by atoms with van der Waals surface area (Å²) in [7, 11) is 0. The molecular formula is C12H17ClF2N4OS. The van der Waals surface area contributed by atoms with Crippen LogP contribution in [0, 0.1) is 5.92 Å². The van der Waals surface area contributed by atoms with Gasteiger partial charge in [0.15, 0.2) is 5.01 Å². The van der Waals surface area contributed by atoms with Crippen LogP contribution in [0.3, 0.4) is 0 Å². The number of alkyl halides is 2. The largest absolute Gasteiger partial charge is 0.303 e. The molecule has 0 aromatic carbocycles. The van der Waals surface area contributed by atoms with Crippen molar-refractivity contribution in [1.29, 1.82) is 0 Å². The van der Waals surface area contributed by atoms with E-state index in [2.05, 4.69) is 20.8 Å². The number of carbonyl (C=O) groups is 1. The topological polar surface area (TPSA) is 66.9 Å². The number of nitrogens with zero attached hydrogens (tertiary/aromatic N) is 2. The van der Waals surface area contributed by atoms with Crippen LogP contribution in [0.25, 0.3) is 0 Å². The van der Waals surface area contributed by atoms with Gasteiger partial charge in [0.2, 0.25) is 11.0 Å². The molecule has 2 fully saturated rings. The number of hydrogen-bond acceptors (Lipinski definition) is 5. The molecule has 5 nitrogen and oxygen atoms in total. The minimum Gasteiger partial charge on any atom is -0.303 e. The van der Waals surface area contributed by atoms with E-state index in [1.54, 1.807) is 0 Å². The molecule has 1 aliphatic carbocycles. The fraction of sp³-hybridized carbons (Fsp3) is 0.750.